The van der Waals surface area contributed by atoms with Crippen molar-refractivity contribution < 1.29 is 4.74 Å². The van der Waals surface area contributed by atoms with E-state index in [0.29, 0.717) is 6.04 Å². The molecule has 0 aromatic heterocycles. The van der Waals surface area contributed by atoms with Crippen LogP contribution < -0.4 is 10.1 Å². The Morgan fingerprint density at radius 3 is 2.53 bits per heavy atom. The molecule has 1 fully saturated rings. The lowest BCUT2D eigenvalue weighted by atomic mass is 9.93. The zero-order valence-electron chi connectivity index (χ0n) is 8.52. The topological polar surface area (TPSA) is 21.3 Å². The van der Waals surface area contributed by atoms with Gasteiger partial charge in [0.05, 0.1) is 17.3 Å². The first kappa shape index (κ1) is 11.3. The maximum Gasteiger partial charge on any atom is 0.135 e. The van der Waals surface area contributed by atoms with E-state index < -0.39 is 0 Å². The van der Waals surface area contributed by atoms with Gasteiger partial charge in [0.1, 0.15) is 5.75 Å². The summed E-state index contributed by atoms with van der Waals surface area (Å²) in [7, 11) is 1.68. The van der Waals surface area contributed by atoms with E-state index in [0.717, 1.165) is 20.4 Å². The first-order chi connectivity index (χ1) is 7.20. The summed E-state index contributed by atoms with van der Waals surface area (Å²) in [6.45, 7) is 0. The number of ether oxygens (including phenoxy) is 1. The highest BCUT2D eigenvalue weighted by Crippen LogP contribution is 2.36. The Morgan fingerprint density at radius 1 is 1.27 bits per heavy atom. The number of nitrogens with one attached hydrogen (secondary N) is 1. The van der Waals surface area contributed by atoms with Crippen LogP contribution in [0, 0.1) is 0 Å². The van der Waals surface area contributed by atoms with Gasteiger partial charge in [0, 0.05) is 16.6 Å². The number of halogens is 2. The second-order valence-electron chi connectivity index (χ2n) is 3.74. The molecule has 4 heteroatoms. The lowest BCUT2D eigenvalue weighted by Gasteiger charge is -2.28. The third-order valence-electron chi connectivity index (χ3n) is 2.71. The second kappa shape index (κ2) is 4.74. The Labute approximate surface area is 107 Å². The first-order valence-electron chi connectivity index (χ1n) is 5.00. The van der Waals surface area contributed by atoms with Crippen LogP contribution in [0.4, 0.5) is 5.69 Å². The van der Waals surface area contributed by atoms with Crippen LogP contribution in [0.3, 0.4) is 0 Å². The van der Waals surface area contributed by atoms with Gasteiger partial charge >= 0.3 is 0 Å². The van der Waals surface area contributed by atoms with Gasteiger partial charge < -0.3 is 10.1 Å². The molecule has 1 aromatic rings. The van der Waals surface area contributed by atoms with Gasteiger partial charge in [-0.05, 0) is 57.2 Å². The molecule has 0 saturated heterocycles. The number of hydrogen-bond donors (Lipinski definition) is 1. The van der Waals surface area contributed by atoms with Crippen molar-refractivity contribution in [1.29, 1.82) is 0 Å². The lowest BCUT2D eigenvalue weighted by Crippen LogP contribution is -2.27. The van der Waals surface area contributed by atoms with Crippen LogP contribution in [-0.2, 0) is 0 Å². The molecule has 1 aliphatic rings. The summed E-state index contributed by atoms with van der Waals surface area (Å²) >= 11 is 7.00. The largest absolute Gasteiger partial charge is 0.495 e. The fraction of sp³-hybridized carbons (Fsp3) is 0.455. The normalized spacial score (nSPS) is 15.9. The second-order valence-corrected chi connectivity index (χ2v) is 5.45. The molecule has 0 amide bonds. The molecule has 2 nitrogen and oxygen atoms in total. The molecule has 0 bridgehead atoms. The molecule has 1 aliphatic carbocycles. The van der Waals surface area contributed by atoms with Crippen LogP contribution in [0.1, 0.15) is 19.3 Å². The smallest absolute Gasteiger partial charge is 0.135 e. The first-order valence-corrected chi connectivity index (χ1v) is 6.59. The van der Waals surface area contributed by atoms with Crippen molar-refractivity contribution >= 4 is 37.5 Å². The van der Waals surface area contributed by atoms with Gasteiger partial charge in [-0.1, -0.05) is 0 Å². The van der Waals surface area contributed by atoms with Gasteiger partial charge in [-0.3, -0.25) is 0 Å². The van der Waals surface area contributed by atoms with E-state index in [4.69, 9.17) is 4.74 Å². The van der Waals surface area contributed by atoms with Crippen molar-refractivity contribution in [3.8, 4) is 5.75 Å². The fourth-order valence-electron chi connectivity index (χ4n) is 1.57. The molecule has 1 N–H and O–H groups in total. The molecule has 82 valence electrons. The fourth-order valence-corrected chi connectivity index (χ4v) is 2.84. The lowest BCUT2D eigenvalue weighted by molar-refractivity contribution is 0.411. The number of benzene rings is 1. The molecule has 1 aromatic carbocycles. The molecule has 1 saturated carbocycles. The molecule has 0 atom stereocenters. The Hall–Kier alpha value is -0.220. The molecule has 0 aliphatic heterocycles. The third-order valence-corrected chi connectivity index (χ3v) is 3.98. The predicted octanol–water partition coefficient (Wildman–Crippen LogP) is 4.18. The molecule has 2 rings (SSSR count). The zero-order valence-corrected chi connectivity index (χ0v) is 11.7. The average molecular weight is 335 g/mol. The summed E-state index contributed by atoms with van der Waals surface area (Å²) in [6, 6.07) is 4.67. The van der Waals surface area contributed by atoms with E-state index in [2.05, 4.69) is 37.2 Å². The van der Waals surface area contributed by atoms with Crippen LogP contribution in [0.2, 0.25) is 0 Å². The van der Waals surface area contributed by atoms with Crippen LogP contribution in [0.25, 0.3) is 0 Å². The quantitative estimate of drug-likeness (QED) is 0.895. The monoisotopic (exact) mass is 333 g/mol. The van der Waals surface area contributed by atoms with Gasteiger partial charge in [-0.15, -0.1) is 0 Å². The average Bonchev–Trinajstić information content (AvgIpc) is 2.14. The third kappa shape index (κ3) is 2.48. The highest BCUT2D eigenvalue weighted by Gasteiger charge is 2.18. The summed E-state index contributed by atoms with van der Waals surface area (Å²) in [5.41, 5.74) is 1.11. The van der Waals surface area contributed by atoms with Gasteiger partial charge in [-0.25, -0.2) is 0 Å². The van der Waals surface area contributed by atoms with E-state index in [-0.39, 0.29) is 0 Å². The molecule has 0 spiro atoms. The van der Waals surface area contributed by atoms with E-state index in [9.17, 15) is 0 Å². The van der Waals surface area contributed by atoms with Gasteiger partial charge in [-0.2, -0.15) is 0 Å². The minimum atomic E-state index is 0.632. The van der Waals surface area contributed by atoms with Crippen molar-refractivity contribution in [1.82, 2.24) is 0 Å². The Balaban J connectivity index is 2.21. The summed E-state index contributed by atoms with van der Waals surface area (Å²) < 4.78 is 7.31. The minimum Gasteiger partial charge on any atom is -0.495 e. The van der Waals surface area contributed by atoms with E-state index in [1.165, 1.54) is 19.3 Å². The van der Waals surface area contributed by atoms with Crippen LogP contribution in [0.5, 0.6) is 5.75 Å². The van der Waals surface area contributed by atoms with Gasteiger partial charge in [0.15, 0.2) is 0 Å². The number of methoxy groups -OCH3 is 1. The van der Waals surface area contributed by atoms with Crippen LogP contribution in [0.15, 0.2) is 21.1 Å². The van der Waals surface area contributed by atoms with Crippen LogP contribution in [-0.4, -0.2) is 13.2 Å². The SMILES string of the molecule is COc1cc(NC2CCC2)c(Br)cc1Br. The highest BCUT2D eigenvalue weighted by atomic mass is 79.9. The molecule has 0 heterocycles. The van der Waals surface area contributed by atoms with Crippen molar-refractivity contribution in [2.45, 2.75) is 25.3 Å². The zero-order chi connectivity index (χ0) is 10.8. The summed E-state index contributed by atoms with van der Waals surface area (Å²) in [5, 5.41) is 3.50. The highest BCUT2D eigenvalue weighted by molar-refractivity contribution is 9.11. The number of rotatable bonds is 3. The van der Waals surface area contributed by atoms with Crippen molar-refractivity contribution in [3.05, 3.63) is 21.1 Å². The van der Waals surface area contributed by atoms with E-state index in [1.807, 2.05) is 12.1 Å². The summed E-state index contributed by atoms with van der Waals surface area (Å²) in [6.07, 6.45) is 3.87. The maximum absolute atomic E-state index is 5.27. The van der Waals surface area contributed by atoms with Crippen molar-refractivity contribution in [3.63, 3.8) is 0 Å². The number of hydrogen-bond acceptors (Lipinski definition) is 2. The van der Waals surface area contributed by atoms with E-state index in [1.54, 1.807) is 7.11 Å². The van der Waals surface area contributed by atoms with Crippen molar-refractivity contribution in [2.75, 3.05) is 12.4 Å². The Morgan fingerprint density at radius 2 is 2.00 bits per heavy atom. The number of anilines is 1. The molecular formula is C11H13Br2NO. The molecule has 0 unspecified atom stereocenters. The Bertz CT molecular complexity index is 364. The predicted molar refractivity (Wildman–Crippen MR) is 69.7 cm³/mol. The molecule has 15 heavy (non-hydrogen) atoms. The minimum absolute atomic E-state index is 0.632. The Kier molecular flexibility index (Phi) is 3.57. The summed E-state index contributed by atoms with van der Waals surface area (Å²) in [5.74, 6) is 0.861. The van der Waals surface area contributed by atoms with Crippen molar-refractivity contribution in [2.24, 2.45) is 0 Å². The van der Waals surface area contributed by atoms with Crippen LogP contribution >= 0.6 is 31.9 Å². The molecular weight excluding hydrogens is 322 g/mol. The summed E-state index contributed by atoms with van der Waals surface area (Å²) in [4.78, 5) is 0. The van der Waals surface area contributed by atoms with Gasteiger partial charge in [0.25, 0.3) is 0 Å². The standard InChI is InChI=1S/C11H13Br2NO/c1-15-11-6-10(8(12)5-9(11)13)14-7-3-2-4-7/h5-7,14H,2-4H2,1H3. The van der Waals surface area contributed by atoms with E-state index >= 15 is 0 Å². The maximum atomic E-state index is 5.27. The van der Waals surface area contributed by atoms with Gasteiger partial charge in [0.2, 0.25) is 0 Å². The molecule has 0 radical (unpaired) electrons.